The van der Waals surface area contributed by atoms with Crippen LogP contribution in [0.4, 0.5) is 5.69 Å². The smallest absolute Gasteiger partial charge is 0.263 e. The van der Waals surface area contributed by atoms with Gasteiger partial charge in [0, 0.05) is 23.8 Å². The minimum Gasteiger partial charge on any atom is -0.481 e. The van der Waals surface area contributed by atoms with Crippen LogP contribution in [-0.2, 0) is 11.3 Å². The van der Waals surface area contributed by atoms with Crippen molar-refractivity contribution < 1.29 is 14.3 Å². The molecule has 2 amide bonds. The van der Waals surface area contributed by atoms with Crippen molar-refractivity contribution in [2.75, 3.05) is 5.32 Å². The topological polar surface area (TPSA) is 58.6 Å². The summed E-state index contributed by atoms with van der Waals surface area (Å²) in [7, 11) is 0. The van der Waals surface area contributed by atoms with Gasteiger partial charge in [0.1, 0.15) is 5.75 Å². The van der Waals surface area contributed by atoms with Crippen LogP contribution in [0.5, 0.6) is 5.75 Å². The molecule has 0 bridgehead atoms. The summed E-state index contributed by atoms with van der Waals surface area (Å²) in [5, 5.41) is 3.27. The number of hydrogen-bond donors (Lipinski definition) is 1. The highest BCUT2D eigenvalue weighted by molar-refractivity contribution is 6.34. The van der Waals surface area contributed by atoms with E-state index in [1.54, 1.807) is 43.3 Å². The third-order valence-electron chi connectivity index (χ3n) is 4.83. The first-order chi connectivity index (χ1) is 12.9. The molecule has 0 unspecified atom stereocenters. The van der Waals surface area contributed by atoms with Crippen molar-refractivity contribution in [1.82, 2.24) is 4.90 Å². The van der Waals surface area contributed by atoms with Crippen LogP contribution in [0.3, 0.4) is 0 Å². The zero-order valence-corrected chi connectivity index (χ0v) is 16.4. The number of carbonyl (C=O) groups is 2. The predicted molar refractivity (Wildman–Crippen MR) is 106 cm³/mol. The number of rotatable bonds is 4. The Bertz CT molecular complexity index is 868. The molecule has 0 spiro atoms. The quantitative estimate of drug-likeness (QED) is 0.841. The summed E-state index contributed by atoms with van der Waals surface area (Å²) in [4.78, 5) is 26.9. The number of halogens is 1. The summed E-state index contributed by atoms with van der Waals surface area (Å²) in [6.45, 7) is 6.29. The molecule has 2 aromatic carbocycles. The van der Waals surface area contributed by atoms with Crippen LogP contribution in [0.15, 0.2) is 42.5 Å². The number of anilines is 1. The van der Waals surface area contributed by atoms with Crippen molar-refractivity contribution in [2.24, 2.45) is 0 Å². The van der Waals surface area contributed by atoms with Crippen LogP contribution in [0.25, 0.3) is 0 Å². The fourth-order valence-corrected chi connectivity index (χ4v) is 3.29. The number of fused-ring (bicyclic) bond motifs is 1. The highest BCUT2D eigenvalue weighted by atomic mass is 35.5. The van der Waals surface area contributed by atoms with E-state index in [0.29, 0.717) is 28.6 Å². The average molecular weight is 387 g/mol. The lowest BCUT2D eigenvalue weighted by molar-refractivity contribution is -0.139. The van der Waals surface area contributed by atoms with Gasteiger partial charge in [-0.25, -0.2) is 0 Å². The Morgan fingerprint density at radius 2 is 2.07 bits per heavy atom. The van der Waals surface area contributed by atoms with Crippen LogP contribution in [0, 0.1) is 0 Å². The number of nitrogens with one attached hydrogen (secondary N) is 1. The Balaban J connectivity index is 1.87. The van der Waals surface area contributed by atoms with Gasteiger partial charge >= 0.3 is 0 Å². The van der Waals surface area contributed by atoms with Crippen LogP contribution in [0.2, 0.25) is 5.02 Å². The number of benzene rings is 2. The van der Waals surface area contributed by atoms with E-state index in [9.17, 15) is 9.59 Å². The molecule has 2 atom stereocenters. The van der Waals surface area contributed by atoms with Crippen molar-refractivity contribution in [3.8, 4) is 5.75 Å². The largest absolute Gasteiger partial charge is 0.481 e. The first kappa shape index (κ1) is 19.2. The fourth-order valence-electron chi connectivity index (χ4n) is 3.07. The molecule has 142 valence electrons. The molecule has 5 nitrogen and oxygen atoms in total. The van der Waals surface area contributed by atoms with Gasteiger partial charge in [0.25, 0.3) is 11.8 Å². The fraction of sp³-hybridized carbons (Fsp3) is 0.333. The summed E-state index contributed by atoms with van der Waals surface area (Å²) < 4.78 is 5.83. The molecule has 0 saturated carbocycles. The second kappa shape index (κ2) is 8.01. The van der Waals surface area contributed by atoms with Crippen LogP contribution >= 0.6 is 11.6 Å². The van der Waals surface area contributed by atoms with Gasteiger partial charge in [-0.1, -0.05) is 30.7 Å². The van der Waals surface area contributed by atoms with Crippen LogP contribution in [-0.4, -0.2) is 28.9 Å². The second-order valence-corrected chi connectivity index (χ2v) is 7.15. The summed E-state index contributed by atoms with van der Waals surface area (Å²) in [6, 6.07) is 12.4. The molecular weight excluding hydrogens is 364 g/mol. The molecule has 0 aromatic heterocycles. The Labute approximate surface area is 164 Å². The standard InChI is InChI=1S/C21H23ClN2O3/c1-4-13(2)24-12-15-11-16(9-10-19(15)27-14(3)21(24)26)23-20(25)17-7-5-6-8-18(17)22/h5-11,13-14H,4,12H2,1-3H3,(H,23,25)/t13-,14+/m1/s1. The second-order valence-electron chi connectivity index (χ2n) is 6.74. The van der Waals surface area contributed by atoms with Gasteiger partial charge in [-0.2, -0.15) is 0 Å². The molecule has 3 rings (SSSR count). The van der Waals surface area contributed by atoms with Gasteiger partial charge < -0.3 is 15.0 Å². The molecule has 1 aliphatic heterocycles. The molecule has 1 N–H and O–H groups in total. The number of amides is 2. The third kappa shape index (κ3) is 4.08. The van der Waals surface area contributed by atoms with Gasteiger partial charge in [0.05, 0.1) is 10.6 Å². The van der Waals surface area contributed by atoms with Gasteiger partial charge in [-0.3, -0.25) is 9.59 Å². The molecule has 0 radical (unpaired) electrons. The number of nitrogens with zero attached hydrogens (tertiary/aromatic N) is 1. The third-order valence-corrected chi connectivity index (χ3v) is 5.16. The number of carbonyl (C=O) groups excluding carboxylic acids is 2. The lowest BCUT2D eigenvalue weighted by atomic mass is 10.1. The maximum Gasteiger partial charge on any atom is 0.263 e. The van der Waals surface area contributed by atoms with E-state index in [-0.39, 0.29) is 17.9 Å². The lowest BCUT2D eigenvalue weighted by Gasteiger charge is -2.28. The number of ether oxygens (including phenoxy) is 1. The first-order valence-electron chi connectivity index (χ1n) is 9.06. The van der Waals surface area contributed by atoms with Crippen molar-refractivity contribution >= 4 is 29.1 Å². The first-order valence-corrected chi connectivity index (χ1v) is 9.44. The normalized spacial score (nSPS) is 17.6. The SMILES string of the molecule is CC[C@@H](C)N1Cc2cc(NC(=O)c3ccccc3Cl)ccc2O[C@@H](C)C1=O. The van der Waals surface area contributed by atoms with Gasteiger partial charge in [-0.15, -0.1) is 0 Å². The van der Waals surface area contributed by atoms with Crippen molar-refractivity contribution in [3.05, 3.63) is 58.6 Å². The molecule has 27 heavy (non-hydrogen) atoms. The minimum atomic E-state index is -0.538. The van der Waals surface area contributed by atoms with E-state index >= 15 is 0 Å². The lowest BCUT2D eigenvalue weighted by Crippen LogP contribution is -2.42. The zero-order valence-electron chi connectivity index (χ0n) is 15.7. The summed E-state index contributed by atoms with van der Waals surface area (Å²) >= 11 is 6.10. The Kier molecular flexibility index (Phi) is 5.71. The number of hydrogen-bond acceptors (Lipinski definition) is 3. The monoisotopic (exact) mass is 386 g/mol. The molecule has 0 aliphatic carbocycles. The molecule has 6 heteroatoms. The van der Waals surface area contributed by atoms with E-state index < -0.39 is 6.10 Å². The van der Waals surface area contributed by atoms with Crippen molar-refractivity contribution in [3.63, 3.8) is 0 Å². The average Bonchev–Trinajstić information content (AvgIpc) is 2.78. The molecule has 1 heterocycles. The van der Waals surface area contributed by atoms with E-state index in [2.05, 4.69) is 12.2 Å². The maximum absolute atomic E-state index is 12.6. The molecule has 2 aromatic rings. The highest BCUT2D eigenvalue weighted by Crippen LogP contribution is 2.30. The van der Waals surface area contributed by atoms with Crippen molar-refractivity contribution in [1.29, 1.82) is 0 Å². The Morgan fingerprint density at radius 3 is 2.78 bits per heavy atom. The van der Waals surface area contributed by atoms with Crippen LogP contribution in [0.1, 0.15) is 43.1 Å². The van der Waals surface area contributed by atoms with E-state index in [1.807, 2.05) is 17.9 Å². The van der Waals surface area contributed by atoms with E-state index in [0.717, 1.165) is 12.0 Å². The molecular formula is C21H23ClN2O3. The summed E-state index contributed by atoms with van der Waals surface area (Å²) in [5.41, 5.74) is 1.91. The predicted octanol–water partition coefficient (Wildman–Crippen LogP) is 4.50. The van der Waals surface area contributed by atoms with Gasteiger partial charge in [0.2, 0.25) is 0 Å². The highest BCUT2D eigenvalue weighted by Gasteiger charge is 2.30. The van der Waals surface area contributed by atoms with E-state index in [4.69, 9.17) is 16.3 Å². The zero-order chi connectivity index (χ0) is 19.6. The molecule has 0 fully saturated rings. The Hall–Kier alpha value is -2.53. The van der Waals surface area contributed by atoms with Crippen LogP contribution < -0.4 is 10.1 Å². The molecule has 0 saturated heterocycles. The van der Waals surface area contributed by atoms with Crippen molar-refractivity contribution in [2.45, 2.75) is 45.9 Å². The van der Waals surface area contributed by atoms with Gasteiger partial charge in [-0.05, 0) is 50.6 Å². The maximum atomic E-state index is 12.6. The van der Waals surface area contributed by atoms with E-state index in [1.165, 1.54) is 0 Å². The molecule has 1 aliphatic rings. The summed E-state index contributed by atoms with van der Waals surface area (Å²) in [6.07, 6.45) is 0.320. The summed E-state index contributed by atoms with van der Waals surface area (Å²) in [5.74, 6) is 0.359. The Morgan fingerprint density at radius 1 is 1.33 bits per heavy atom. The minimum absolute atomic E-state index is 0.0257. The van der Waals surface area contributed by atoms with Gasteiger partial charge in [0.15, 0.2) is 6.10 Å².